The summed E-state index contributed by atoms with van der Waals surface area (Å²) in [7, 11) is 1.37. The first kappa shape index (κ1) is 21.6. The van der Waals surface area contributed by atoms with Crippen molar-refractivity contribution < 1.29 is 19.1 Å². The monoisotopic (exact) mass is 466 g/mol. The van der Waals surface area contributed by atoms with Crippen LogP contribution in [0.2, 0.25) is 0 Å². The Bertz CT molecular complexity index is 892. The molecule has 0 N–H and O–H groups in total. The first-order chi connectivity index (χ1) is 13.7. The van der Waals surface area contributed by atoms with Crippen LogP contribution in [-0.4, -0.2) is 76.6 Å². The molecule has 2 aromatic rings. The molecule has 0 aliphatic carbocycles. The summed E-state index contributed by atoms with van der Waals surface area (Å²) in [5.41, 5.74) is 0.337. The zero-order chi connectivity index (χ0) is 21.2. The molecule has 1 atom stereocenters. The van der Waals surface area contributed by atoms with Crippen molar-refractivity contribution in [3.8, 4) is 0 Å². The van der Waals surface area contributed by atoms with E-state index >= 15 is 0 Å². The predicted molar refractivity (Wildman–Crippen MR) is 113 cm³/mol. The van der Waals surface area contributed by atoms with Gasteiger partial charge in [0.05, 0.1) is 25.7 Å². The van der Waals surface area contributed by atoms with Gasteiger partial charge in [0.1, 0.15) is 11.6 Å². The summed E-state index contributed by atoms with van der Waals surface area (Å²) in [4.78, 5) is 28.4. The molecular formula is C20H27BrN4O4. The van der Waals surface area contributed by atoms with E-state index in [4.69, 9.17) is 9.47 Å². The highest BCUT2D eigenvalue weighted by Gasteiger charge is 2.36. The molecule has 3 rings (SSSR count). The standard InChI is InChI=1S/C20H27BrN4O4/c1-20(2,3)29-19(27)24-9-8-23(17(13-24)18(26)28-4)10-11-25-12-14-15(21)6-5-7-16(14)22-25/h5-7,12,17H,8-11,13H2,1-4H3. The number of carbonyl (C=O) groups is 2. The summed E-state index contributed by atoms with van der Waals surface area (Å²) in [6.07, 6.45) is 1.58. The minimum atomic E-state index is -0.578. The van der Waals surface area contributed by atoms with E-state index in [1.165, 1.54) is 7.11 Å². The lowest BCUT2D eigenvalue weighted by atomic mass is 10.1. The van der Waals surface area contributed by atoms with Crippen LogP contribution in [0.4, 0.5) is 4.79 Å². The van der Waals surface area contributed by atoms with Gasteiger partial charge < -0.3 is 14.4 Å². The van der Waals surface area contributed by atoms with E-state index in [9.17, 15) is 9.59 Å². The Balaban J connectivity index is 1.67. The van der Waals surface area contributed by atoms with E-state index in [2.05, 4.69) is 21.0 Å². The van der Waals surface area contributed by atoms with Crippen molar-refractivity contribution >= 4 is 38.9 Å². The van der Waals surface area contributed by atoms with Crippen LogP contribution < -0.4 is 0 Å². The van der Waals surface area contributed by atoms with E-state index < -0.39 is 17.7 Å². The molecule has 1 aliphatic heterocycles. The predicted octanol–water partition coefficient (Wildman–Crippen LogP) is 2.89. The molecule has 1 aliphatic rings. The Kier molecular flexibility index (Phi) is 6.48. The van der Waals surface area contributed by atoms with Crippen molar-refractivity contribution in [1.29, 1.82) is 0 Å². The Hall–Kier alpha value is -2.13. The smallest absolute Gasteiger partial charge is 0.410 e. The highest BCUT2D eigenvalue weighted by Crippen LogP contribution is 2.22. The Labute approximate surface area is 178 Å². The van der Waals surface area contributed by atoms with Crippen LogP contribution in [0.5, 0.6) is 0 Å². The van der Waals surface area contributed by atoms with E-state index in [1.54, 1.807) is 4.90 Å². The van der Waals surface area contributed by atoms with Crippen molar-refractivity contribution in [3.63, 3.8) is 0 Å². The number of hydrogen-bond donors (Lipinski definition) is 0. The van der Waals surface area contributed by atoms with Crippen LogP contribution in [0.3, 0.4) is 0 Å². The highest BCUT2D eigenvalue weighted by atomic mass is 79.9. The van der Waals surface area contributed by atoms with Gasteiger partial charge in [-0.15, -0.1) is 0 Å². The van der Waals surface area contributed by atoms with Gasteiger partial charge in [0.15, 0.2) is 0 Å². The van der Waals surface area contributed by atoms with Crippen LogP contribution in [0.15, 0.2) is 28.9 Å². The van der Waals surface area contributed by atoms with Gasteiger partial charge >= 0.3 is 12.1 Å². The number of esters is 1. The molecular weight excluding hydrogens is 440 g/mol. The maximum atomic E-state index is 12.4. The van der Waals surface area contributed by atoms with E-state index in [0.29, 0.717) is 26.2 Å². The maximum Gasteiger partial charge on any atom is 0.410 e. The second-order valence-electron chi connectivity index (χ2n) is 8.07. The van der Waals surface area contributed by atoms with Crippen LogP contribution in [-0.2, 0) is 20.8 Å². The van der Waals surface area contributed by atoms with Crippen LogP contribution >= 0.6 is 15.9 Å². The number of fused-ring (bicyclic) bond motifs is 1. The van der Waals surface area contributed by atoms with Gasteiger partial charge in [-0.2, -0.15) is 5.10 Å². The largest absolute Gasteiger partial charge is 0.468 e. The Morgan fingerprint density at radius 3 is 2.66 bits per heavy atom. The van der Waals surface area contributed by atoms with Crippen LogP contribution in [0, 0.1) is 0 Å². The second kappa shape index (κ2) is 8.71. The lowest BCUT2D eigenvalue weighted by Crippen LogP contribution is -2.59. The summed E-state index contributed by atoms with van der Waals surface area (Å²) in [6, 6.07) is 5.37. The average molecular weight is 467 g/mol. The van der Waals surface area contributed by atoms with Crippen molar-refractivity contribution in [2.24, 2.45) is 0 Å². The molecule has 29 heavy (non-hydrogen) atoms. The number of aromatic nitrogens is 2. The Morgan fingerprint density at radius 1 is 1.24 bits per heavy atom. The summed E-state index contributed by atoms with van der Waals surface area (Å²) in [6.45, 7) is 8.02. The molecule has 2 heterocycles. The third kappa shape index (κ3) is 5.27. The third-order valence-electron chi connectivity index (χ3n) is 4.78. The fourth-order valence-electron chi connectivity index (χ4n) is 3.34. The zero-order valence-corrected chi connectivity index (χ0v) is 18.8. The molecule has 1 amide bonds. The zero-order valence-electron chi connectivity index (χ0n) is 17.2. The van der Waals surface area contributed by atoms with Gasteiger partial charge in [-0.25, -0.2) is 4.79 Å². The maximum absolute atomic E-state index is 12.4. The summed E-state index contributed by atoms with van der Waals surface area (Å²) < 4.78 is 13.3. The normalized spacial score (nSPS) is 18.1. The number of hydrogen-bond acceptors (Lipinski definition) is 6. The second-order valence-corrected chi connectivity index (χ2v) is 8.92. The fraction of sp³-hybridized carbons (Fsp3) is 0.550. The van der Waals surface area contributed by atoms with Gasteiger partial charge in [-0.3, -0.25) is 14.4 Å². The molecule has 8 nitrogen and oxygen atoms in total. The minimum absolute atomic E-state index is 0.244. The van der Waals surface area contributed by atoms with Crippen molar-refractivity contribution in [1.82, 2.24) is 19.6 Å². The number of carbonyl (C=O) groups excluding carboxylic acids is 2. The molecule has 1 aromatic carbocycles. The number of amides is 1. The molecule has 1 saturated heterocycles. The minimum Gasteiger partial charge on any atom is -0.468 e. The summed E-state index contributed by atoms with van der Waals surface area (Å²) >= 11 is 3.54. The molecule has 0 radical (unpaired) electrons. The fourth-order valence-corrected chi connectivity index (χ4v) is 3.80. The molecule has 9 heteroatoms. The lowest BCUT2D eigenvalue weighted by molar-refractivity contribution is -0.149. The van der Waals surface area contributed by atoms with Gasteiger partial charge in [0.2, 0.25) is 0 Å². The molecule has 158 valence electrons. The Morgan fingerprint density at radius 2 is 2.00 bits per heavy atom. The van der Waals surface area contributed by atoms with Gasteiger partial charge in [0.25, 0.3) is 0 Å². The van der Waals surface area contributed by atoms with Crippen LogP contribution in [0.25, 0.3) is 10.9 Å². The number of benzene rings is 1. The molecule has 1 fully saturated rings. The van der Waals surface area contributed by atoms with Gasteiger partial charge in [0, 0.05) is 35.7 Å². The summed E-state index contributed by atoms with van der Waals surface area (Å²) in [5, 5.41) is 5.64. The van der Waals surface area contributed by atoms with E-state index in [-0.39, 0.29) is 12.5 Å². The number of methoxy groups -OCH3 is 1. The third-order valence-corrected chi connectivity index (χ3v) is 5.47. The highest BCUT2D eigenvalue weighted by molar-refractivity contribution is 9.10. The van der Waals surface area contributed by atoms with E-state index in [0.717, 1.165) is 15.4 Å². The van der Waals surface area contributed by atoms with Crippen molar-refractivity contribution in [2.45, 2.75) is 39.0 Å². The molecule has 0 saturated carbocycles. The van der Waals surface area contributed by atoms with Crippen molar-refractivity contribution in [2.75, 3.05) is 33.3 Å². The number of nitrogens with zero attached hydrogens (tertiary/aromatic N) is 4. The summed E-state index contributed by atoms with van der Waals surface area (Å²) in [5.74, 6) is -0.355. The molecule has 1 aromatic heterocycles. The SMILES string of the molecule is COC(=O)C1CN(C(=O)OC(C)(C)C)CCN1CCn1cc2c(Br)cccc2n1. The number of halogens is 1. The molecule has 0 spiro atoms. The van der Waals surface area contributed by atoms with Gasteiger partial charge in [-0.05, 0) is 32.9 Å². The first-order valence-corrected chi connectivity index (χ1v) is 10.4. The quantitative estimate of drug-likeness (QED) is 0.644. The number of piperazine rings is 1. The van der Waals surface area contributed by atoms with Crippen molar-refractivity contribution in [3.05, 3.63) is 28.9 Å². The van der Waals surface area contributed by atoms with Crippen LogP contribution in [0.1, 0.15) is 20.8 Å². The molecule has 0 bridgehead atoms. The van der Waals surface area contributed by atoms with Gasteiger partial charge in [-0.1, -0.05) is 22.0 Å². The topological polar surface area (TPSA) is 76.9 Å². The lowest BCUT2D eigenvalue weighted by Gasteiger charge is -2.40. The number of rotatable bonds is 4. The average Bonchev–Trinajstić information content (AvgIpc) is 3.09. The molecule has 1 unspecified atom stereocenters. The first-order valence-electron chi connectivity index (χ1n) is 9.59. The van der Waals surface area contributed by atoms with E-state index in [1.807, 2.05) is 54.7 Å². The number of ether oxygens (including phenoxy) is 2.